The molecule has 0 N–H and O–H groups in total. The summed E-state index contributed by atoms with van der Waals surface area (Å²) in [5.74, 6) is -1.03. The lowest BCUT2D eigenvalue weighted by Crippen LogP contribution is -2.42. The topological polar surface area (TPSA) is 0 Å². The summed E-state index contributed by atoms with van der Waals surface area (Å²) in [5.41, 5.74) is -3.06. The van der Waals surface area contributed by atoms with Gasteiger partial charge in [-0.1, -0.05) is 21.3 Å². The molecule has 4 heteroatoms. The molecular weight excluding hydrogens is 160 g/mol. The molecule has 0 nitrogen and oxygen atoms in total. The summed E-state index contributed by atoms with van der Waals surface area (Å²) < 4.78 is 47.7. The predicted molar refractivity (Wildman–Crippen MR) is 37.1 cm³/mol. The molecule has 0 aliphatic rings. The van der Waals surface area contributed by atoms with Crippen molar-refractivity contribution in [3.63, 3.8) is 0 Å². The second-order valence-corrected chi connectivity index (χ2v) is 2.73. The zero-order valence-electron chi connectivity index (χ0n) is 6.09. The molecule has 0 bridgehead atoms. The summed E-state index contributed by atoms with van der Waals surface area (Å²) in [7, 11) is 0. The van der Waals surface area contributed by atoms with Gasteiger partial charge in [-0.15, -0.1) is 0 Å². The summed E-state index contributed by atoms with van der Waals surface area (Å²) in [6, 6.07) is 0. The third kappa shape index (κ3) is 2.67. The van der Waals surface area contributed by atoms with Gasteiger partial charge >= 0.3 is 6.18 Å². The minimum atomic E-state index is -4.75. The molecule has 0 radical (unpaired) electrons. The molecule has 0 spiro atoms. The van der Waals surface area contributed by atoms with Crippen LogP contribution in [0.1, 0.15) is 28.2 Å². The van der Waals surface area contributed by atoms with E-state index < -0.39 is 17.8 Å². The third-order valence-corrected chi connectivity index (χ3v) is 1.64. The average molecular weight is 174 g/mol. The molecule has 0 amide bonds. The second kappa shape index (κ2) is 3.41. The molecule has 0 aromatic carbocycles. The molecule has 0 aromatic rings. The van der Waals surface area contributed by atoms with E-state index in [1.165, 1.54) is 13.8 Å². The molecule has 11 heavy (non-hydrogen) atoms. The monoisotopic (exact) mass is 174 g/mol. The third-order valence-electron chi connectivity index (χ3n) is 1.64. The van der Waals surface area contributed by atoms with Gasteiger partial charge in [0.05, 0.1) is 0 Å². The van der Waals surface area contributed by atoms with Gasteiger partial charge in [0.1, 0.15) is 0 Å². The Balaban J connectivity index is 0. The van der Waals surface area contributed by atoms with Crippen LogP contribution in [-0.4, -0.2) is 11.8 Å². The van der Waals surface area contributed by atoms with E-state index in [-0.39, 0.29) is 7.43 Å². The van der Waals surface area contributed by atoms with Crippen molar-refractivity contribution in [2.75, 3.05) is 0 Å². The van der Waals surface area contributed by atoms with Gasteiger partial charge in [0.25, 0.3) is 0 Å². The van der Waals surface area contributed by atoms with Crippen LogP contribution in [0.2, 0.25) is 0 Å². The summed E-state index contributed by atoms with van der Waals surface area (Å²) in [6.07, 6.45) is -4.75. The Hall–Kier alpha value is -0.280. The summed E-state index contributed by atoms with van der Waals surface area (Å²) in [4.78, 5) is 0. The van der Waals surface area contributed by atoms with Gasteiger partial charge in [0, 0.05) is 0 Å². The highest BCUT2D eigenvalue weighted by atomic mass is 19.4. The first-order valence-electron chi connectivity index (χ1n) is 2.95. The molecule has 0 saturated heterocycles. The zero-order valence-corrected chi connectivity index (χ0v) is 6.09. The Kier molecular flexibility index (Phi) is 4.13. The van der Waals surface area contributed by atoms with Crippen molar-refractivity contribution < 1.29 is 17.6 Å². The normalized spacial score (nSPS) is 17.5. The van der Waals surface area contributed by atoms with Crippen molar-refractivity contribution in [1.29, 1.82) is 0 Å². The fourth-order valence-electron chi connectivity index (χ4n) is 0.327. The van der Waals surface area contributed by atoms with E-state index in [4.69, 9.17) is 0 Å². The molecule has 0 aliphatic heterocycles. The highest BCUT2D eigenvalue weighted by molar-refractivity contribution is 4.84. The molecule has 0 rings (SSSR count). The molecule has 0 fully saturated rings. The summed E-state index contributed by atoms with van der Waals surface area (Å²) >= 11 is 0. The van der Waals surface area contributed by atoms with Crippen molar-refractivity contribution in [3.05, 3.63) is 0 Å². The predicted octanol–water partition coefficient (Wildman–Crippen LogP) is 3.57. The SMILES string of the molecule is C.CC(C)C(C)(F)C(F)(F)F. The van der Waals surface area contributed by atoms with Crippen molar-refractivity contribution in [2.45, 2.75) is 40.0 Å². The van der Waals surface area contributed by atoms with Gasteiger partial charge in [0.15, 0.2) is 0 Å². The smallest absolute Gasteiger partial charge is 0.234 e. The lowest BCUT2D eigenvalue weighted by molar-refractivity contribution is -0.237. The van der Waals surface area contributed by atoms with Crippen LogP contribution in [-0.2, 0) is 0 Å². The van der Waals surface area contributed by atoms with Crippen LogP contribution in [0.25, 0.3) is 0 Å². The standard InChI is InChI=1S/C6H10F4.CH4/c1-4(2)5(3,7)6(8,9)10;/h4H,1-3H3;1H4. The second-order valence-electron chi connectivity index (χ2n) is 2.73. The Bertz CT molecular complexity index is 112. The van der Waals surface area contributed by atoms with E-state index in [9.17, 15) is 17.6 Å². The lowest BCUT2D eigenvalue weighted by Gasteiger charge is -2.26. The number of halogens is 4. The first kappa shape index (κ1) is 13.3. The van der Waals surface area contributed by atoms with E-state index in [0.29, 0.717) is 6.92 Å². The quantitative estimate of drug-likeness (QED) is 0.533. The maximum Gasteiger partial charge on any atom is 0.422 e. The van der Waals surface area contributed by atoms with Crippen LogP contribution in [0.4, 0.5) is 17.6 Å². The molecule has 1 unspecified atom stereocenters. The van der Waals surface area contributed by atoms with Gasteiger partial charge in [-0.05, 0) is 12.8 Å². The maximum absolute atomic E-state index is 12.6. The minimum absolute atomic E-state index is 0. The van der Waals surface area contributed by atoms with Gasteiger partial charge in [-0.2, -0.15) is 13.2 Å². The highest BCUT2D eigenvalue weighted by Gasteiger charge is 2.53. The molecule has 70 valence electrons. The van der Waals surface area contributed by atoms with E-state index in [1.807, 2.05) is 0 Å². The highest BCUT2D eigenvalue weighted by Crippen LogP contribution is 2.38. The fourth-order valence-corrected chi connectivity index (χ4v) is 0.327. The van der Waals surface area contributed by atoms with Crippen molar-refractivity contribution in [2.24, 2.45) is 5.92 Å². The molecule has 0 heterocycles. The molecule has 0 aliphatic carbocycles. The van der Waals surface area contributed by atoms with Gasteiger partial charge in [0.2, 0.25) is 5.67 Å². The molecule has 0 saturated carbocycles. The summed E-state index contributed by atoms with van der Waals surface area (Å²) in [5, 5.41) is 0. The first-order chi connectivity index (χ1) is 4.19. The number of hydrogen-bond acceptors (Lipinski definition) is 0. The van der Waals surface area contributed by atoms with Crippen LogP contribution in [0.3, 0.4) is 0 Å². The van der Waals surface area contributed by atoms with Crippen LogP contribution in [0.15, 0.2) is 0 Å². The van der Waals surface area contributed by atoms with Gasteiger partial charge in [-0.25, -0.2) is 4.39 Å². The van der Waals surface area contributed by atoms with E-state index in [0.717, 1.165) is 0 Å². The Morgan fingerprint density at radius 1 is 1.00 bits per heavy atom. The maximum atomic E-state index is 12.6. The largest absolute Gasteiger partial charge is 0.422 e. The Labute approximate surface area is 64.6 Å². The van der Waals surface area contributed by atoms with E-state index >= 15 is 0 Å². The lowest BCUT2D eigenvalue weighted by atomic mass is 9.94. The Morgan fingerprint density at radius 2 is 1.27 bits per heavy atom. The zero-order chi connectivity index (χ0) is 8.58. The average Bonchev–Trinajstić information content (AvgIpc) is 1.62. The Morgan fingerprint density at radius 3 is 1.27 bits per heavy atom. The van der Waals surface area contributed by atoms with Crippen molar-refractivity contribution >= 4 is 0 Å². The number of alkyl halides is 4. The van der Waals surface area contributed by atoms with Crippen molar-refractivity contribution in [1.82, 2.24) is 0 Å². The molecule has 1 atom stereocenters. The van der Waals surface area contributed by atoms with E-state index in [2.05, 4.69) is 0 Å². The van der Waals surface area contributed by atoms with Crippen molar-refractivity contribution in [3.8, 4) is 0 Å². The number of rotatable bonds is 1. The van der Waals surface area contributed by atoms with Crippen LogP contribution in [0, 0.1) is 5.92 Å². The van der Waals surface area contributed by atoms with Gasteiger partial charge in [-0.3, -0.25) is 0 Å². The molecule has 0 aromatic heterocycles. The van der Waals surface area contributed by atoms with Gasteiger partial charge < -0.3 is 0 Å². The van der Waals surface area contributed by atoms with Crippen LogP contribution >= 0.6 is 0 Å². The van der Waals surface area contributed by atoms with E-state index in [1.54, 1.807) is 0 Å². The molecular formula is C7H14F4. The fraction of sp³-hybridized carbons (Fsp3) is 1.00. The first-order valence-corrected chi connectivity index (χ1v) is 2.95. The number of hydrogen-bond donors (Lipinski definition) is 0. The van der Waals surface area contributed by atoms with Crippen LogP contribution < -0.4 is 0 Å². The minimum Gasteiger partial charge on any atom is -0.234 e. The van der Waals surface area contributed by atoms with Crippen LogP contribution in [0.5, 0.6) is 0 Å². The summed E-state index contributed by atoms with van der Waals surface area (Å²) in [6.45, 7) is 2.96.